The summed E-state index contributed by atoms with van der Waals surface area (Å²) in [4.78, 5) is 10.5. The van der Waals surface area contributed by atoms with Crippen LogP contribution in [0.25, 0.3) is 0 Å². The van der Waals surface area contributed by atoms with Gasteiger partial charge in [-0.1, -0.05) is 0 Å². The van der Waals surface area contributed by atoms with Crippen LogP contribution in [0.2, 0.25) is 0 Å². The molecule has 8 heteroatoms. The Morgan fingerprint density at radius 2 is 1.95 bits per heavy atom. The van der Waals surface area contributed by atoms with Gasteiger partial charge in [0, 0.05) is 18.8 Å². The zero-order chi connectivity index (χ0) is 16.0. The van der Waals surface area contributed by atoms with Crippen LogP contribution in [0.3, 0.4) is 0 Å². The third kappa shape index (κ3) is 4.90. The van der Waals surface area contributed by atoms with Gasteiger partial charge in [-0.3, -0.25) is 0 Å². The van der Waals surface area contributed by atoms with Gasteiger partial charge >= 0.3 is 5.97 Å². The number of hydrogen-bond donors (Lipinski definition) is 1. The number of hydrogen-bond acceptors (Lipinski definition) is 5. The van der Waals surface area contributed by atoms with E-state index in [1.54, 1.807) is 18.8 Å². The minimum Gasteiger partial charge on any atom is -0.482 e. The monoisotopic (exact) mass is 333 g/mol. The van der Waals surface area contributed by atoms with Crippen molar-refractivity contribution in [1.82, 2.24) is 4.31 Å². The molecule has 1 unspecified atom stereocenters. The molecule has 21 heavy (non-hydrogen) atoms. The van der Waals surface area contributed by atoms with Crippen molar-refractivity contribution in [3.63, 3.8) is 0 Å². The van der Waals surface area contributed by atoms with E-state index in [0.717, 1.165) is 0 Å². The van der Waals surface area contributed by atoms with E-state index in [1.165, 1.54) is 28.6 Å². The molecule has 0 aromatic heterocycles. The quantitative estimate of drug-likeness (QED) is 0.776. The Hall–Kier alpha value is -1.25. The minimum absolute atomic E-state index is 0.118. The van der Waals surface area contributed by atoms with E-state index in [2.05, 4.69) is 0 Å². The molecule has 118 valence electrons. The SMILES string of the molecule is CSCC(C)N(C)S(=O)(=O)c1ccc(OCC(=O)O)cc1. The Balaban J connectivity index is 2.86. The second-order valence-corrected chi connectivity index (χ2v) is 7.39. The Morgan fingerprint density at radius 3 is 2.43 bits per heavy atom. The molecule has 0 saturated carbocycles. The van der Waals surface area contributed by atoms with Crippen LogP contribution < -0.4 is 4.74 Å². The molecule has 0 radical (unpaired) electrons. The molecule has 0 bridgehead atoms. The topological polar surface area (TPSA) is 83.9 Å². The van der Waals surface area contributed by atoms with E-state index in [4.69, 9.17) is 9.84 Å². The molecule has 1 rings (SSSR count). The molecule has 0 aliphatic heterocycles. The standard InChI is InChI=1S/C13H19NO5S2/c1-10(9-20-3)14(2)21(17,18)12-6-4-11(5-7-12)19-8-13(15)16/h4-7,10H,8-9H2,1-3H3,(H,15,16). The third-order valence-corrected chi connectivity index (χ3v) is 5.69. The number of nitrogens with zero attached hydrogens (tertiary/aromatic N) is 1. The number of thioether (sulfide) groups is 1. The van der Waals surface area contributed by atoms with Crippen LogP contribution in [-0.4, -0.2) is 55.5 Å². The molecule has 0 saturated heterocycles. The molecule has 1 N–H and O–H groups in total. The van der Waals surface area contributed by atoms with Crippen molar-refractivity contribution < 1.29 is 23.1 Å². The number of carbonyl (C=O) groups is 1. The molecule has 0 fully saturated rings. The minimum atomic E-state index is -3.56. The smallest absolute Gasteiger partial charge is 0.341 e. The number of carboxylic acids is 1. The van der Waals surface area contributed by atoms with Crippen molar-refractivity contribution in [3.8, 4) is 5.75 Å². The van der Waals surface area contributed by atoms with E-state index >= 15 is 0 Å². The molecule has 0 amide bonds. The van der Waals surface area contributed by atoms with Gasteiger partial charge in [0.05, 0.1) is 4.90 Å². The van der Waals surface area contributed by atoms with Crippen molar-refractivity contribution in [1.29, 1.82) is 0 Å². The largest absolute Gasteiger partial charge is 0.482 e. The predicted molar refractivity (Wildman–Crippen MR) is 82.4 cm³/mol. The van der Waals surface area contributed by atoms with E-state index in [1.807, 2.05) is 13.2 Å². The Morgan fingerprint density at radius 1 is 1.38 bits per heavy atom. The molecule has 1 aromatic carbocycles. The average Bonchev–Trinajstić information content (AvgIpc) is 2.45. The van der Waals surface area contributed by atoms with Crippen LogP contribution in [0.5, 0.6) is 5.75 Å². The van der Waals surface area contributed by atoms with Crippen LogP contribution >= 0.6 is 11.8 Å². The Kier molecular flexibility index (Phi) is 6.50. The number of carboxylic acid groups (broad SMARTS) is 1. The lowest BCUT2D eigenvalue weighted by Crippen LogP contribution is -2.36. The second kappa shape index (κ2) is 7.67. The fraction of sp³-hybridized carbons (Fsp3) is 0.462. The molecule has 0 spiro atoms. The van der Waals surface area contributed by atoms with Crippen molar-refractivity contribution in [2.45, 2.75) is 17.9 Å². The molecule has 0 aliphatic rings. The maximum absolute atomic E-state index is 12.4. The first-order valence-corrected chi connectivity index (χ1v) is 9.04. The maximum atomic E-state index is 12.4. The van der Waals surface area contributed by atoms with Gasteiger partial charge in [-0.05, 0) is 37.4 Å². The predicted octanol–water partition coefficient (Wildman–Crippen LogP) is 1.52. The number of sulfonamides is 1. The molecule has 1 atom stereocenters. The van der Waals surface area contributed by atoms with E-state index in [-0.39, 0.29) is 10.9 Å². The van der Waals surface area contributed by atoms with Crippen molar-refractivity contribution in [2.75, 3.05) is 25.7 Å². The zero-order valence-electron chi connectivity index (χ0n) is 12.1. The van der Waals surface area contributed by atoms with Crippen molar-refractivity contribution >= 4 is 27.8 Å². The highest BCUT2D eigenvalue weighted by molar-refractivity contribution is 7.98. The second-order valence-electron chi connectivity index (χ2n) is 4.48. The van der Waals surface area contributed by atoms with Crippen molar-refractivity contribution in [2.24, 2.45) is 0 Å². The van der Waals surface area contributed by atoms with E-state index < -0.39 is 22.6 Å². The average molecular weight is 333 g/mol. The first-order chi connectivity index (χ1) is 9.78. The summed E-state index contributed by atoms with van der Waals surface area (Å²) in [6, 6.07) is 5.60. The van der Waals surface area contributed by atoms with Gasteiger partial charge in [0.25, 0.3) is 0 Å². The van der Waals surface area contributed by atoms with Gasteiger partial charge in [-0.2, -0.15) is 16.1 Å². The fourth-order valence-corrected chi connectivity index (χ4v) is 3.76. The summed E-state index contributed by atoms with van der Waals surface area (Å²) in [5, 5.41) is 8.51. The Labute approximate surface area is 129 Å². The van der Waals surface area contributed by atoms with Crippen LogP contribution in [0, 0.1) is 0 Å². The summed E-state index contributed by atoms with van der Waals surface area (Å²) in [7, 11) is -2.01. The highest BCUT2D eigenvalue weighted by atomic mass is 32.2. The van der Waals surface area contributed by atoms with E-state index in [0.29, 0.717) is 11.5 Å². The molecule has 6 nitrogen and oxygen atoms in total. The summed E-state index contributed by atoms with van der Waals surface area (Å²) < 4.78 is 31.1. The maximum Gasteiger partial charge on any atom is 0.341 e. The molecule has 0 aliphatic carbocycles. The number of benzene rings is 1. The van der Waals surface area contributed by atoms with Gasteiger partial charge in [0.2, 0.25) is 10.0 Å². The lowest BCUT2D eigenvalue weighted by atomic mass is 10.3. The van der Waals surface area contributed by atoms with Crippen molar-refractivity contribution in [3.05, 3.63) is 24.3 Å². The molecular weight excluding hydrogens is 314 g/mol. The molecule has 0 heterocycles. The van der Waals surface area contributed by atoms with E-state index in [9.17, 15) is 13.2 Å². The third-order valence-electron chi connectivity index (χ3n) is 2.89. The summed E-state index contributed by atoms with van der Waals surface area (Å²) >= 11 is 1.58. The van der Waals surface area contributed by atoms with Crippen LogP contribution in [-0.2, 0) is 14.8 Å². The van der Waals surface area contributed by atoms with Gasteiger partial charge in [-0.15, -0.1) is 0 Å². The zero-order valence-corrected chi connectivity index (χ0v) is 13.8. The van der Waals surface area contributed by atoms with Gasteiger partial charge in [0.1, 0.15) is 5.75 Å². The van der Waals surface area contributed by atoms with Crippen LogP contribution in [0.15, 0.2) is 29.2 Å². The normalized spacial score (nSPS) is 13.1. The van der Waals surface area contributed by atoms with Gasteiger partial charge in [-0.25, -0.2) is 13.2 Å². The highest BCUT2D eigenvalue weighted by Gasteiger charge is 2.24. The summed E-state index contributed by atoms with van der Waals surface area (Å²) in [5.41, 5.74) is 0. The number of rotatable bonds is 8. The molecular formula is C13H19NO5S2. The highest BCUT2D eigenvalue weighted by Crippen LogP contribution is 2.21. The first-order valence-electron chi connectivity index (χ1n) is 6.20. The number of ether oxygens (including phenoxy) is 1. The summed E-state index contributed by atoms with van der Waals surface area (Å²) in [6.45, 7) is 1.38. The van der Waals surface area contributed by atoms with Crippen LogP contribution in [0.4, 0.5) is 0 Å². The van der Waals surface area contributed by atoms with Crippen LogP contribution in [0.1, 0.15) is 6.92 Å². The first kappa shape index (κ1) is 17.8. The summed E-state index contributed by atoms with van der Waals surface area (Å²) in [5.74, 6) is -0.0660. The number of aliphatic carboxylic acids is 1. The molecule has 1 aromatic rings. The lowest BCUT2D eigenvalue weighted by molar-refractivity contribution is -0.139. The van der Waals surface area contributed by atoms with Gasteiger partial charge in [0.15, 0.2) is 6.61 Å². The van der Waals surface area contributed by atoms with Gasteiger partial charge < -0.3 is 9.84 Å². The lowest BCUT2D eigenvalue weighted by Gasteiger charge is -2.23. The summed E-state index contributed by atoms with van der Waals surface area (Å²) in [6.07, 6.45) is 1.92. The fourth-order valence-electron chi connectivity index (χ4n) is 1.60. The Bertz CT molecular complexity index is 571.